The molecule has 4 heterocycles. The highest BCUT2D eigenvalue weighted by molar-refractivity contribution is 5.75. The summed E-state index contributed by atoms with van der Waals surface area (Å²) in [5.74, 6) is 0.0970. The number of aliphatic hydroxyl groups is 1. The molecule has 0 aliphatic heterocycles. The lowest BCUT2D eigenvalue weighted by Gasteiger charge is -2.28. The number of halogens is 1. The van der Waals surface area contributed by atoms with E-state index in [-0.39, 0.29) is 36.6 Å². The molecule has 1 unspecified atom stereocenters. The first-order valence-corrected chi connectivity index (χ1v) is 11.0. The molecule has 12 heteroatoms. The van der Waals surface area contributed by atoms with Gasteiger partial charge >= 0.3 is 5.69 Å². The number of anilines is 1. The number of fused-ring (bicyclic) bond motifs is 1. The molecule has 186 valence electrons. The fourth-order valence-electron chi connectivity index (χ4n) is 3.89. The monoisotopic (exact) mass is 492 g/mol. The smallest absolute Gasteiger partial charge is 0.333 e. The van der Waals surface area contributed by atoms with E-state index >= 15 is 0 Å². The molecule has 0 spiro atoms. The summed E-state index contributed by atoms with van der Waals surface area (Å²) in [6.45, 7) is 11.5. The summed E-state index contributed by atoms with van der Waals surface area (Å²) in [5, 5.41) is 15.5. The molecule has 0 saturated carbocycles. The normalized spacial score (nSPS) is 12.0. The number of hydrogen-bond donors (Lipinski definition) is 2. The summed E-state index contributed by atoms with van der Waals surface area (Å²) in [5.41, 5.74) is 0.00181. The van der Waals surface area contributed by atoms with Crippen LogP contribution in [-0.4, -0.2) is 45.5 Å². The Morgan fingerprint density at radius 2 is 1.89 bits per heavy atom. The molecule has 0 radical (unpaired) electrons. The van der Waals surface area contributed by atoms with Crippen molar-refractivity contribution in [3.8, 4) is 11.5 Å². The van der Waals surface area contributed by atoms with Crippen LogP contribution in [0.1, 0.15) is 11.8 Å². The van der Waals surface area contributed by atoms with Gasteiger partial charge in [-0.05, 0) is 12.1 Å². The molecule has 0 fully saturated rings. The van der Waals surface area contributed by atoms with Gasteiger partial charge in [-0.25, -0.2) is 14.8 Å². The molecule has 0 aromatic carbocycles. The number of aromatic amines is 1. The first-order valence-electron chi connectivity index (χ1n) is 11.0. The molecule has 4 aromatic rings. The molecule has 0 amide bonds. The Bertz CT molecular complexity index is 1560. The third-order valence-corrected chi connectivity index (χ3v) is 5.55. The Hall–Kier alpha value is -4.58. The molecule has 0 aliphatic carbocycles. The minimum absolute atomic E-state index is 0.0412. The highest BCUT2D eigenvalue weighted by Gasteiger charge is 2.24. The van der Waals surface area contributed by atoms with Gasteiger partial charge in [0, 0.05) is 44.5 Å². The number of rotatable bonds is 10. The van der Waals surface area contributed by atoms with Crippen LogP contribution in [-0.2, 0) is 20.1 Å². The lowest BCUT2D eigenvalue weighted by atomic mass is 10.2. The number of aliphatic hydroxyl groups excluding tert-OH is 1. The van der Waals surface area contributed by atoms with Crippen LogP contribution in [0.2, 0.25) is 0 Å². The number of pyridine rings is 1. The van der Waals surface area contributed by atoms with Crippen LogP contribution in [0.4, 0.5) is 10.2 Å². The largest absolute Gasteiger partial charge is 0.369 e. The van der Waals surface area contributed by atoms with Crippen molar-refractivity contribution in [2.45, 2.75) is 19.3 Å². The summed E-state index contributed by atoms with van der Waals surface area (Å²) in [4.78, 5) is 38.5. The third-order valence-electron chi connectivity index (χ3n) is 5.55. The van der Waals surface area contributed by atoms with Crippen molar-refractivity contribution in [1.82, 2.24) is 33.9 Å². The van der Waals surface area contributed by atoms with E-state index in [4.69, 9.17) is 0 Å². The van der Waals surface area contributed by atoms with Crippen LogP contribution in [0, 0.1) is 5.95 Å². The van der Waals surface area contributed by atoms with Gasteiger partial charge in [0.15, 0.2) is 17.7 Å². The van der Waals surface area contributed by atoms with Crippen LogP contribution in [0.3, 0.4) is 0 Å². The van der Waals surface area contributed by atoms with E-state index < -0.39 is 23.4 Å². The van der Waals surface area contributed by atoms with Gasteiger partial charge in [-0.2, -0.15) is 9.49 Å². The van der Waals surface area contributed by atoms with Crippen molar-refractivity contribution in [1.29, 1.82) is 0 Å². The zero-order valence-electron chi connectivity index (χ0n) is 19.6. The molecule has 0 bridgehead atoms. The first kappa shape index (κ1) is 24.5. The molecule has 0 saturated heterocycles. The fraction of sp³-hybridized carbons (Fsp3) is 0.208. The standard InChI is InChI=1S/C24H25FN8O3/c1-5-10-31(22(34)15-8-9-17(25)26-14-15)18-13-16(29-30(18)4)20-27-19-21(28-20)32(11-6-2)24(36)33(12-7-3)23(19)35/h5-9,13-14,22,34H,1-3,10-12H2,4H3,(H,27,28). The van der Waals surface area contributed by atoms with Gasteiger partial charge in [-0.15, -0.1) is 19.7 Å². The minimum atomic E-state index is -1.17. The van der Waals surface area contributed by atoms with E-state index in [1.54, 1.807) is 24.1 Å². The first-order chi connectivity index (χ1) is 17.3. The number of imidazole rings is 1. The van der Waals surface area contributed by atoms with Crippen molar-refractivity contribution in [2.75, 3.05) is 11.4 Å². The van der Waals surface area contributed by atoms with Crippen molar-refractivity contribution >= 4 is 17.0 Å². The molecular weight excluding hydrogens is 467 g/mol. The Balaban J connectivity index is 1.82. The van der Waals surface area contributed by atoms with Crippen LogP contribution in [0.5, 0.6) is 0 Å². The van der Waals surface area contributed by atoms with Crippen LogP contribution >= 0.6 is 0 Å². The van der Waals surface area contributed by atoms with Gasteiger partial charge in [0.05, 0.1) is 0 Å². The maximum absolute atomic E-state index is 13.3. The van der Waals surface area contributed by atoms with Crippen LogP contribution < -0.4 is 16.1 Å². The highest BCUT2D eigenvalue weighted by atomic mass is 19.1. The molecular formula is C24H25FN8O3. The highest BCUT2D eigenvalue weighted by Crippen LogP contribution is 2.28. The second-order valence-electron chi connectivity index (χ2n) is 7.91. The van der Waals surface area contributed by atoms with Gasteiger partial charge in [-0.3, -0.25) is 18.6 Å². The zero-order chi connectivity index (χ0) is 26.0. The van der Waals surface area contributed by atoms with Crippen molar-refractivity contribution in [3.63, 3.8) is 0 Å². The van der Waals surface area contributed by atoms with E-state index in [9.17, 15) is 19.1 Å². The number of allylic oxidation sites excluding steroid dienone is 2. The second-order valence-corrected chi connectivity index (χ2v) is 7.91. The lowest BCUT2D eigenvalue weighted by molar-refractivity contribution is 0.172. The average Bonchev–Trinajstić information content (AvgIpc) is 3.47. The SMILES string of the molecule is C=CCN(c1cc(-c2nc3c([nH]2)c(=O)n(CC=C)c(=O)n3CC=C)nn1C)C(O)c1ccc(F)nc1. The van der Waals surface area contributed by atoms with Crippen molar-refractivity contribution < 1.29 is 9.50 Å². The van der Waals surface area contributed by atoms with Crippen molar-refractivity contribution in [3.05, 3.63) is 94.7 Å². The molecule has 4 aromatic heterocycles. The van der Waals surface area contributed by atoms with E-state index in [1.165, 1.54) is 33.7 Å². The number of nitrogens with one attached hydrogen (secondary N) is 1. The Labute approximate surface area is 204 Å². The predicted molar refractivity (Wildman–Crippen MR) is 134 cm³/mol. The maximum Gasteiger partial charge on any atom is 0.333 e. The lowest BCUT2D eigenvalue weighted by Crippen LogP contribution is -2.39. The molecule has 1 atom stereocenters. The zero-order valence-corrected chi connectivity index (χ0v) is 19.6. The summed E-state index contributed by atoms with van der Waals surface area (Å²) in [7, 11) is 1.68. The van der Waals surface area contributed by atoms with Gasteiger partial charge in [0.2, 0.25) is 5.95 Å². The van der Waals surface area contributed by atoms with E-state index in [0.717, 1.165) is 10.6 Å². The predicted octanol–water partition coefficient (Wildman–Crippen LogP) is 1.88. The number of nitrogens with zero attached hydrogens (tertiary/aromatic N) is 7. The third kappa shape index (κ3) is 4.29. The molecule has 0 aliphatic rings. The Kier molecular flexibility index (Phi) is 6.79. The van der Waals surface area contributed by atoms with Crippen molar-refractivity contribution in [2.24, 2.45) is 7.05 Å². The molecule has 36 heavy (non-hydrogen) atoms. The van der Waals surface area contributed by atoms with Crippen LogP contribution in [0.15, 0.2) is 71.9 Å². The molecule has 2 N–H and O–H groups in total. The van der Waals surface area contributed by atoms with Gasteiger partial charge in [-0.1, -0.05) is 18.2 Å². The summed E-state index contributed by atoms with van der Waals surface area (Å²) < 4.78 is 17.2. The van der Waals surface area contributed by atoms with E-state index in [2.05, 4.69) is 39.8 Å². The van der Waals surface area contributed by atoms with Gasteiger partial charge < -0.3 is 15.0 Å². The summed E-state index contributed by atoms with van der Waals surface area (Å²) >= 11 is 0. The molecule has 4 rings (SSSR count). The molecule has 11 nitrogen and oxygen atoms in total. The number of hydrogen-bond acceptors (Lipinski definition) is 7. The Morgan fingerprint density at radius 1 is 1.17 bits per heavy atom. The quantitative estimate of drug-likeness (QED) is 0.197. The van der Waals surface area contributed by atoms with Gasteiger partial charge in [0.1, 0.15) is 17.0 Å². The fourth-order valence-corrected chi connectivity index (χ4v) is 3.89. The van der Waals surface area contributed by atoms with Crippen LogP contribution in [0.25, 0.3) is 22.7 Å². The number of aromatic nitrogens is 7. The maximum atomic E-state index is 13.3. The summed E-state index contributed by atoms with van der Waals surface area (Å²) in [6.07, 6.45) is 4.68. The summed E-state index contributed by atoms with van der Waals surface area (Å²) in [6, 6.07) is 4.27. The average molecular weight is 493 g/mol. The Morgan fingerprint density at radius 3 is 2.53 bits per heavy atom. The number of H-pyrrole nitrogens is 1. The van der Waals surface area contributed by atoms with Gasteiger partial charge in [0.25, 0.3) is 5.56 Å². The van der Waals surface area contributed by atoms with E-state index in [0.29, 0.717) is 17.1 Å². The minimum Gasteiger partial charge on any atom is -0.369 e. The van der Waals surface area contributed by atoms with E-state index in [1.807, 2.05) is 0 Å². The number of aryl methyl sites for hydroxylation is 1. The topological polar surface area (TPSA) is 127 Å². The second kappa shape index (κ2) is 9.96.